The fourth-order valence-corrected chi connectivity index (χ4v) is 3.23. The Hall–Kier alpha value is -1.53. The number of hydrogen-bond donors (Lipinski definition) is 0. The number of carbonyl (C=O) groups is 1. The van der Waals surface area contributed by atoms with Crippen molar-refractivity contribution in [2.75, 3.05) is 0 Å². The van der Waals surface area contributed by atoms with E-state index in [-0.39, 0.29) is 0 Å². The normalized spacial score (nSPS) is 10.2. The molecule has 0 saturated carbocycles. The maximum Gasteiger partial charge on any atom is 0.308 e. The minimum Gasteiger partial charge on any atom is -0.423 e. The number of fused-ring (bicyclic) bond motifs is 2. The number of halogens is 2. The number of benzene rings is 2. The molecule has 22 heavy (non-hydrogen) atoms. The van der Waals surface area contributed by atoms with E-state index in [1.54, 1.807) is 6.07 Å². The maximum atomic E-state index is 11.3. The third kappa shape index (κ3) is 3.28. The molecular weight excluding hydrogens is 412 g/mol. The van der Waals surface area contributed by atoms with Crippen LogP contribution in [0.2, 0.25) is 0 Å². The van der Waals surface area contributed by atoms with Gasteiger partial charge in [0.1, 0.15) is 11.0 Å². The summed E-state index contributed by atoms with van der Waals surface area (Å²) in [4.78, 5) is 20.4. The fraction of sp³-hybridized carbons (Fsp3) is 0.188. The Labute approximate surface area is 145 Å². The van der Waals surface area contributed by atoms with E-state index in [0.717, 1.165) is 15.5 Å². The van der Waals surface area contributed by atoms with Crippen LogP contribution in [0, 0.1) is 0 Å². The molecule has 0 aliphatic rings. The third-order valence-corrected chi connectivity index (χ3v) is 3.92. The Morgan fingerprint density at radius 3 is 2.09 bits per heavy atom. The summed E-state index contributed by atoms with van der Waals surface area (Å²) >= 11 is 6.85. The highest BCUT2D eigenvalue weighted by Crippen LogP contribution is 2.37. The molecule has 114 valence electrons. The summed E-state index contributed by atoms with van der Waals surface area (Å²) in [5.41, 5.74) is 2.73. The number of carbonyl (C=O) groups excluding carboxylic acids is 1. The number of ether oxygens (including phenoxy) is 1. The molecule has 6 heteroatoms. The molecule has 0 fully saturated rings. The summed E-state index contributed by atoms with van der Waals surface area (Å²) in [6.07, 6.45) is 0. The Bertz CT molecular complexity index is 850. The molecule has 0 aliphatic heterocycles. The van der Waals surface area contributed by atoms with Crippen LogP contribution < -0.4 is 4.74 Å². The zero-order chi connectivity index (χ0) is 16.3. The van der Waals surface area contributed by atoms with Crippen LogP contribution in [0.15, 0.2) is 39.3 Å². The summed E-state index contributed by atoms with van der Waals surface area (Å²) in [6, 6.07) is 9.35. The minimum absolute atomic E-state index is 0.383. The van der Waals surface area contributed by atoms with Crippen LogP contribution in [-0.2, 0) is 4.79 Å². The molecule has 0 unspecified atom stereocenters. The summed E-state index contributed by atoms with van der Waals surface area (Å²) in [5, 5.41) is 0. The Kier molecular flexibility index (Phi) is 5.47. The van der Waals surface area contributed by atoms with E-state index in [1.165, 1.54) is 6.92 Å². The van der Waals surface area contributed by atoms with Crippen LogP contribution >= 0.6 is 31.9 Å². The summed E-state index contributed by atoms with van der Waals surface area (Å²) in [5.74, 6) is -0.0155. The van der Waals surface area contributed by atoms with E-state index in [0.29, 0.717) is 21.3 Å². The van der Waals surface area contributed by atoms with Crippen molar-refractivity contribution < 1.29 is 9.53 Å². The SMILES string of the molecule is CC.CC(=O)Oc1c(Br)cc(Br)c2nc3ccccc3nc12. The smallest absolute Gasteiger partial charge is 0.308 e. The van der Waals surface area contributed by atoms with Gasteiger partial charge in [-0.2, -0.15) is 0 Å². The van der Waals surface area contributed by atoms with Gasteiger partial charge < -0.3 is 4.74 Å². The lowest BCUT2D eigenvalue weighted by Gasteiger charge is -2.10. The maximum absolute atomic E-state index is 11.3. The molecule has 2 aromatic carbocycles. The van der Waals surface area contributed by atoms with Gasteiger partial charge in [0.05, 0.1) is 15.5 Å². The molecular formula is C16H14Br2N2O2. The second kappa shape index (κ2) is 7.15. The Morgan fingerprint density at radius 2 is 1.55 bits per heavy atom. The fourth-order valence-electron chi connectivity index (χ4n) is 1.92. The Morgan fingerprint density at radius 1 is 1.00 bits per heavy atom. The molecule has 3 rings (SSSR count). The second-order valence-electron chi connectivity index (χ2n) is 4.17. The van der Waals surface area contributed by atoms with Crippen LogP contribution in [0.3, 0.4) is 0 Å². The van der Waals surface area contributed by atoms with Gasteiger partial charge in [-0.3, -0.25) is 4.79 Å². The quantitative estimate of drug-likeness (QED) is 0.303. The van der Waals surface area contributed by atoms with Gasteiger partial charge in [-0.1, -0.05) is 26.0 Å². The Balaban J connectivity index is 0.000000847. The molecule has 4 nitrogen and oxygen atoms in total. The van der Waals surface area contributed by atoms with Crippen molar-refractivity contribution in [3.05, 3.63) is 39.3 Å². The van der Waals surface area contributed by atoms with E-state index in [1.807, 2.05) is 38.1 Å². The van der Waals surface area contributed by atoms with E-state index in [4.69, 9.17) is 4.74 Å². The van der Waals surface area contributed by atoms with Gasteiger partial charge in [-0.05, 0) is 50.1 Å². The van der Waals surface area contributed by atoms with Crippen molar-refractivity contribution in [1.29, 1.82) is 0 Å². The van der Waals surface area contributed by atoms with E-state index >= 15 is 0 Å². The average molecular weight is 426 g/mol. The highest BCUT2D eigenvalue weighted by atomic mass is 79.9. The number of hydrogen-bond acceptors (Lipinski definition) is 4. The molecule has 1 aromatic heterocycles. The van der Waals surface area contributed by atoms with Crippen molar-refractivity contribution in [3.63, 3.8) is 0 Å². The number of rotatable bonds is 1. The molecule has 0 amide bonds. The molecule has 0 aliphatic carbocycles. The van der Waals surface area contributed by atoms with Crippen LogP contribution in [0.25, 0.3) is 22.1 Å². The van der Waals surface area contributed by atoms with Crippen molar-refractivity contribution >= 4 is 59.9 Å². The summed E-state index contributed by atoms with van der Waals surface area (Å²) in [6.45, 7) is 5.36. The van der Waals surface area contributed by atoms with Crippen molar-refractivity contribution in [2.45, 2.75) is 20.8 Å². The molecule has 0 bridgehead atoms. The van der Waals surface area contributed by atoms with Crippen LogP contribution in [0.1, 0.15) is 20.8 Å². The number of para-hydroxylation sites is 2. The molecule has 0 atom stereocenters. The number of esters is 1. The molecule has 1 heterocycles. The zero-order valence-corrected chi connectivity index (χ0v) is 15.5. The monoisotopic (exact) mass is 424 g/mol. The van der Waals surface area contributed by atoms with Crippen molar-refractivity contribution in [1.82, 2.24) is 9.97 Å². The van der Waals surface area contributed by atoms with Gasteiger partial charge in [0.2, 0.25) is 0 Å². The predicted molar refractivity (Wildman–Crippen MR) is 95.1 cm³/mol. The topological polar surface area (TPSA) is 52.1 Å². The first-order chi connectivity index (χ1) is 10.6. The highest BCUT2D eigenvalue weighted by Gasteiger charge is 2.16. The third-order valence-electron chi connectivity index (χ3n) is 2.73. The summed E-state index contributed by atoms with van der Waals surface area (Å²) < 4.78 is 6.69. The van der Waals surface area contributed by atoms with Gasteiger partial charge in [0.25, 0.3) is 0 Å². The van der Waals surface area contributed by atoms with Gasteiger partial charge in [-0.15, -0.1) is 0 Å². The van der Waals surface area contributed by atoms with E-state index in [2.05, 4.69) is 41.8 Å². The van der Waals surface area contributed by atoms with E-state index < -0.39 is 5.97 Å². The van der Waals surface area contributed by atoms with Crippen molar-refractivity contribution in [2.24, 2.45) is 0 Å². The number of aromatic nitrogens is 2. The molecule has 0 radical (unpaired) electrons. The first kappa shape index (κ1) is 16.8. The molecule has 0 N–H and O–H groups in total. The summed E-state index contributed by atoms with van der Waals surface area (Å²) in [7, 11) is 0. The van der Waals surface area contributed by atoms with Crippen LogP contribution in [0.5, 0.6) is 5.75 Å². The number of nitrogens with zero attached hydrogens (tertiary/aromatic N) is 2. The second-order valence-corrected chi connectivity index (χ2v) is 5.88. The van der Waals surface area contributed by atoms with Gasteiger partial charge in [-0.25, -0.2) is 9.97 Å². The van der Waals surface area contributed by atoms with Crippen molar-refractivity contribution in [3.8, 4) is 5.75 Å². The van der Waals surface area contributed by atoms with E-state index in [9.17, 15) is 4.79 Å². The van der Waals surface area contributed by atoms with Gasteiger partial charge in [0, 0.05) is 11.4 Å². The van der Waals surface area contributed by atoms with Crippen LogP contribution in [-0.4, -0.2) is 15.9 Å². The first-order valence-electron chi connectivity index (χ1n) is 6.79. The first-order valence-corrected chi connectivity index (χ1v) is 8.38. The highest BCUT2D eigenvalue weighted by molar-refractivity contribution is 9.11. The standard InChI is InChI=1S/C14H8Br2N2O2.C2H6/c1-7(19)20-14-9(16)6-8(15)12-13(14)18-11-5-3-2-4-10(11)17-12;1-2/h2-6H,1H3;1-2H3. The van der Waals surface area contributed by atoms with Crippen LogP contribution in [0.4, 0.5) is 0 Å². The molecule has 0 spiro atoms. The lowest BCUT2D eigenvalue weighted by Crippen LogP contribution is -2.04. The van der Waals surface area contributed by atoms with Gasteiger partial charge in [0.15, 0.2) is 5.75 Å². The zero-order valence-electron chi connectivity index (χ0n) is 12.4. The largest absolute Gasteiger partial charge is 0.423 e. The van der Waals surface area contributed by atoms with Gasteiger partial charge >= 0.3 is 5.97 Å². The minimum atomic E-state index is -0.399. The molecule has 0 saturated heterocycles. The predicted octanol–water partition coefficient (Wildman–Crippen LogP) is 5.26. The average Bonchev–Trinajstić information content (AvgIpc) is 2.52. The lowest BCUT2D eigenvalue weighted by molar-refractivity contribution is -0.131. The lowest BCUT2D eigenvalue weighted by atomic mass is 10.2. The molecule has 3 aromatic rings.